The van der Waals surface area contributed by atoms with E-state index in [1.165, 1.54) is 0 Å². The van der Waals surface area contributed by atoms with Crippen LogP contribution in [0.1, 0.15) is 13.3 Å². The van der Waals surface area contributed by atoms with Crippen molar-refractivity contribution >= 4 is 6.09 Å². The molecule has 0 saturated heterocycles. The molecule has 0 radical (unpaired) electrons. The highest BCUT2D eigenvalue weighted by atomic mass is 19.4. The number of hydrogen-bond acceptors (Lipinski definition) is 2. The summed E-state index contributed by atoms with van der Waals surface area (Å²) in [6.45, 7) is 2.32. The number of amides is 1. The van der Waals surface area contributed by atoms with E-state index in [9.17, 15) is 18.0 Å². The molecule has 1 aliphatic heterocycles. The minimum absolute atomic E-state index is 0.181. The molecule has 0 fully saturated rings. The van der Waals surface area contributed by atoms with E-state index in [4.69, 9.17) is 0 Å². The first-order valence-corrected chi connectivity index (χ1v) is 4.09. The molecule has 3 nitrogen and oxygen atoms in total. The zero-order valence-electron chi connectivity index (χ0n) is 7.60. The number of ether oxygens (including phenoxy) is 1. The topological polar surface area (TPSA) is 29.5 Å². The van der Waals surface area contributed by atoms with E-state index in [2.05, 4.69) is 4.74 Å². The van der Waals surface area contributed by atoms with Gasteiger partial charge in [-0.2, -0.15) is 0 Å². The van der Waals surface area contributed by atoms with Crippen LogP contribution in [0.3, 0.4) is 0 Å². The Labute approximate surface area is 79.1 Å². The molecular formula is C8H10F3NO2. The van der Waals surface area contributed by atoms with Gasteiger partial charge in [-0.25, -0.2) is 4.79 Å². The van der Waals surface area contributed by atoms with Gasteiger partial charge in [0.1, 0.15) is 0 Å². The second kappa shape index (κ2) is 3.89. The maximum atomic E-state index is 11.7. The number of rotatable bonds is 0. The van der Waals surface area contributed by atoms with Crippen molar-refractivity contribution in [2.45, 2.75) is 19.7 Å². The van der Waals surface area contributed by atoms with Crippen LogP contribution >= 0.6 is 0 Å². The number of hydrogen-bond donors (Lipinski definition) is 0. The number of nitrogens with zero attached hydrogens (tertiary/aromatic N) is 1. The lowest BCUT2D eigenvalue weighted by atomic mass is 10.1. The number of carbonyl (C=O) groups is 1. The fourth-order valence-electron chi connectivity index (χ4n) is 1.10. The van der Waals surface area contributed by atoms with Crippen molar-refractivity contribution in [2.75, 3.05) is 13.1 Å². The third kappa shape index (κ3) is 3.27. The largest absolute Gasteiger partial charge is 0.576 e. The quantitative estimate of drug-likeness (QED) is 0.573. The van der Waals surface area contributed by atoms with Gasteiger partial charge in [0, 0.05) is 13.1 Å². The fourth-order valence-corrected chi connectivity index (χ4v) is 1.10. The molecule has 1 amide bonds. The first-order chi connectivity index (χ1) is 6.38. The summed E-state index contributed by atoms with van der Waals surface area (Å²) in [5.74, 6) is 0. The molecule has 1 rings (SSSR count). The van der Waals surface area contributed by atoms with Gasteiger partial charge in [0.2, 0.25) is 0 Å². The Morgan fingerprint density at radius 2 is 2.21 bits per heavy atom. The first kappa shape index (κ1) is 10.9. The SMILES string of the molecule is CC1=CCN(C(=O)OC(F)(F)F)CC1. The van der Waals surface area contributed by atoms with E-state index in [0.29, 0.717) is 6.42 Å². The maximum absolute atomic E-state index is 11.7. The highest BCUT2D eigenvalue weighted by Gasteiger charge is 2.36. The van der Waals surface area contributed by atoms with Gasteiger partial charge in [0.25, 0.3) is 0 Å². The molecule has 0 bridgehead atoms. The number of alkyl halides is 3. The van der Waals surface area contributed by atoms with Crippen LogP contribution in [0.4, 0.5) is 18.0 Å². The van der Waals surface area contributed by atoms with Crippen LogP contribution in [0, 0.1) is 0 Å². The van der Waals surface area contributed by atoms with Gasteiger partial charge in [0.05, 0.1) is 0 Å². The van der Waals surface area contributed by atoms with Crippen LogP contribution in [0.15, 0.2) is 11.6 Å². The van der Waals surface area contributed by atoms with Crippen LogP contribution in [0.2, 0.25) is 0 Å². The van der Waals surface area contributed by atoms with Gasteiger partial charge in [-0.05, 0) is 13.3 Å². The predicted molar refractivity (Wildman–Crippen MR) is 42.5 cm³/mol. The van der Waals surface area contributed by atoms with E-state index < -0.39 is 12.5 Å². The summed E-state index contributed by atoms with van der Waals surface area (Å²) in [5, 5.41) is 0. The molecule has 0 aliphatic carbocycles. The average molecular weight is 209 g/mol. The molecule has 1 aliphatic rings. The van der Waals surface area contributed by atoms with E-state index in [0.717, 1.165) is 10.5 Å². The zero-order valence-corrected chi connectivity index (χ0v) is 7.60. The van der Waals surface area contributed by atoms with Crippen molar-refractivity contribution in [1.82, 2.24) is 4.90 Å². The van der Waals surface area contributed by atoms with E-state index in [1.54, 1.807) is 6.08 Å². The fraction of sp³-hybridized carbons (Fsp3) is 0.625. The lowest BCUT2D eigenvalue weighted by Gasteiger charge is -2.24. The van der Waals surface area contributed by atoms with Crippen LogP contribution in [0.25, 0.3) is 0 Å². The maximum Gasteiger partial charge on any atom is 0.576 e. The summed E-state index contributed by atoms with van der Waals surface area (Å²) in [4.78, 5) is 11.9. The van der Waals surface area contributed by atoms with Crippen molar-refractivity contribution in [2.24, 2.45) is 0 Å². The van der Waals surface area contributed by atoms with Crippen LogP contribution in [-0.4, -0.2) is 30.4 Å². The Kier molecular flexibility index (Phi) is 3.03. The molecule has 0 unspecified atom stereocenters. The second-order valence-corrected chi connectivity index (χ2v) is 3.06. The Morgan fingerprint density at radius 3 is 2.64 bits per heavy atom. The lowest BCUT2D eigenvalue weighted by molar-refractivity contribution is -0.294. The minimum atomic E-state index is -4.90. The predicted octanol–water partition coefficient (Wildman–Crippen LogP) is 2.29. The van der Waals surface area contributed by atoms with Gasteiger partial charge < -0.3 is 9.64 Å². The van der Waals surface area contributed by atoms with Gasteiger partial charge in [0.15, 0.2) is 0 Å². The molecule has 6 heteroatoms. The minimum Gasteiger partial charge on any atom is -0.356 e. The van der Waals surface area contributed by atoms with Gasteiger partial charge in [-0.15, -0.1) is 13.2 Å². The summed E-state index contributed by atoms with van der Waals surface area (Å²) in [6.07, 6.45) is -3.93. The van der Waals surface area contributed by atoms with E-state index >= 15 is 0 Å². The number of halogens is 3. The molecule has 0 aromatic carbocycles. The zero-order chi connectivity index (χ0) is 10.8. The Morgan fingerprint density at radius 1 is 1.57 bits per heavy atom. The Balaban J connectivity index is 2.47. The average Bonchev–Trinajstić information content (AvgIpc) is 2.02. The molecule has 0 spiro atoms. The van der Waals surface area contributed by atoms with Crippen molar-refractivity contribution in [1.29, 1.82) is 0 Å². The monoisotopic (exact) mass is 209 g/mol. The standard InChI is InChI=1S/C8H10F3NO2/c1-6-2-4-12(5-3-6)7(13)14-8(9,10)11/h2H,3-5H2,1H3. The van der Waals surface area contributed by atoms with Gasteiger partial charge in [-0.3, -0.25) is 0 Å². The number of carbonyl (C=O) groups excluding carboxylic acids is 1. The molecule has 0 N–H and O–H groups in total. The van der Waals surface area contributed by atoms with Crippen molar-refractivity contribution < 1.29 is 22.7 Å². The Hall–Kier alpha value is -1.20. The van der Waals surface area contributed by atoms with Crippen molar-refractivity contribution in [3.63, 3.8) is 0 Å². The Bertz CT molecular complexity index is 260. The third-order valence-corrected chi connectivity index (χ3v) is 1.90. The molecular weight excluding hydrogens is 199 g/mol. The molecule has 80 valence electrons. The highest BCUT2D eigenvalue weighted by Crippen LogP contribution is 2.19. The third-order valence-electron chi connectivity index (χ3n) is 1.90. The molecule has 0 aromatic heterocycles. The van der Waals surface area contributed by atoms with E-state index in [-0.39, 0.29) is 13.1 Å². The lowest BCUT2D eigenvalue weighted by Crippen LogP contribution is -2.37. The summed E-state index contributed by atoms with van der Waals surface area (Å²) in [6, 6.07) is 0. The summed E-state index contributed by atoms with van der Waals surface area (Å²) in [7, 11) is 0. The second-order valence-electron chi connectivity index (χ2n) is 3.06. The first-order valence-electron chi connectivity index (χ1n) is 4.09. The molecule has 0 aromatic rings. The smallest absolute Gasteiger partial charge is 0.356 e. The molecule has 1 heterocycles. The normalized spacial score (nSPS) is 17.7. The molecule has 14 heavy (non-hydrogen) atoms. The molecule has 0 saturated carbocycles. The van der Waals surface area contributed by atoms with Crippen molar-refractivity contribution in [3.05, 3.63) is 11.6 Å². The summed E-state index contributed by atoms with van der Waals surface area (Å²) in [5.41, 5.74) is 1.07. The van der Waals surface area contributed by atoms with Gasteiger partial charge in [-0.1, -0.05) is 11.6 Å². The summed E-state index contributed by atoms with van der Waals surface area (Å²) >= 11 is 0. The van der Waals surface area contributed by atoms with E-state index in [1.807, 2.05) is 6.92 Å². The van der Waals surface area contributed by atoms with Crippen LogP contribution in [0.5, 0.6) is 0 Å². The summed E-state index contributed by atoms with van der Waals surface area (Å²) < 4.78 is 38.2. The highest BCUT2D eigenvalue weighted by molar-refractivity contribution is 5.68. The van der Waals surface area contributed by atoms with Gasteiger partial charge >= 0.3 is 12.5 Å². The van der Waals surface area contributed by atoms with Crippen LogP contribution in [-0.2, 0) is 4.74 Å². The molecule has 0 atom stereocenters. The van der Waals surface area contributed by atoms with Crippen LogP contribution < -0.4 is 0 Å². The van der Waals surface area contributed by atoms with Crippen molar-refractivity contribution in [3.8, 4) is 0 Å².